The molecule has 2 saturated heterocycles. The molecule has 0 radical (unpaired) electrons. The first-order valence-corrected chi connectivity index (χ1v) is 9.76. The van der Waals surface area contributed by atoms with Crippen molar-refractivity contribution in [3.63, 3.8) is 0 Å². The number of hydrogen-bond acceptors (Lipinski definition) is 3. The molecular weight excluding hydrogens is 322 g/mol. The van der Waals surface area contributed by atoms with Crippen molar-refractivity contribution in [2.24, 2.45) is 5.92 Å². The van der Waals surface area contributed by atoms with Crippen LogP contribution >= 0.6 is 0 Å². The van der Waals surface area contributed by atoms with Crippen molar-refractivity contribution in [3.05, 3.63) is 65.7 Å². The highest BCUT2D eigenvalue weighted by Crippen LogP contribution is 2.45. The Morgan fingerprint density at radius 1 is 1.04 bits per heavy atom. The van der Waals surface area contributed by atoms with E-state index in [2.05, 4.69) is 12.1 Å². The van der Waals surface area contributed by atoms with E-state index in [4.69, 9.17) is 4.74 Å². The van der Waals surface area contributed by atoms with Gasteiger partial charge in [-0.25, -0.2) is 8.42 Å². The van der Waals surface area contributed by atoms with E-state index in [0.29, 0.717) is 18.0 Å². The third kappa shape index (κ3) is 2.57. The van der Waals surface area contributed by atoms with Gasteiger partial charge in [0.25, 0.3) is 0 Å². The Balaban J connectivity index is 1.69. The second-order valence-corrected chi connectivity index (χ2v) is 8.51. The summed E-state index contributed by atoms with van der Waals surface area (Å²) in [6.07, 6.45) is 0.561. The quantitative estimate of drug-likeness (QED) is 0.860. The van der Waals surface area contributed by atoms with Gasteiger partial charge in [0, 0.05) is 25.0 Å². The molecule has 0 spiro atoms. The third-order valence-corrected chi connectivity index (χ3v) is 6.98. The maximum Gasteiger partial charge on any atom is 0.245 e. The molecule has 2 aromatic carbocycles. The number of benzene rings is 2. The van der Waals surface area contributed by atoms with Gasteiger partial charge >= 0.3 is 0 Å². The zero-order chi connectivity index (χ0) is 16.7. The van der Waals surface area contributed by atoms with E-state index >= 15 is 0 Å². The predicted molar refractivity (Wildman–Crippen MR) is 92.1 cm³/mol. The number of rotatable bonds is 3. The Labute approximate surface area is 143 Å². The van der Waals surface area contributed by atoms with E-state index in [1.807, 2.05) is 37.3 Å². The van der Waals surface area contributed by atoms with Crippen molar-refractivity contribution in [3.8, 4) is 0 Å². The molecule has 3 atom stereocenters. The van der Waals surface area contributed by atoms with Crippen LogP contribution in [0.3, 0.4) is 0 Å². The largest absolute Gasteiger partial charge is 0.362 e. The lowest BCUT2D eigenvalue weighted by Crippen LogP contribution is -2.37. The summed E-state index contributed by atoms with van der Waals surface area (Å²) in [5.74, 6) is 0.423. The van der Waals surface area contributed by atoms with Crippen LogP contribution in [0.1, 0.15) is 23.5 Å². The summed E-state index contributed by atoms with van der Waals surface area (Å²) >= 11 is 0. The van der Waals surface area contributed by atoms with Crippen LogP contribution in [0.4, 0.5) is 0 Å². The van der Waals surface area contributed by atoms with Crippen LogP contribution in [0, 0.1) is 12.8 Å². The van der Waals surface area contributed by atoms with Gasteiger partial charge in [-0.3, -0.25) is 0 Å². The molecule has 126 valence electrons. The lowest BCUT2D eigenvalue weighted by molar-refractivity contribution is 0.0359. The molecular formula is C19H21NO3S. The minimum absolute atomic E-state index is 0.193. The molecule has 2 heterocycles. The molecule has 4 nitrogen and oxygen atoms in total. The molecule has 0 unspecified atom stereocenters. The fraction of sp³-hybridized carbons (Fsp3) is 0.368. The van der Waals surface area contributed by atoms with Crippen LogP contribution in [-0.2, 0) is 14.8 Å². The molecule has 0 bridgehead atoms. The minimum Gasteiger partial charge on any atom is -0.362 e. The minimum atomic E-state index is -3.54. The van der Waals surface area contributed by atoms with Crippen molar-refractivity contribution in [2.45, 2.75) is 30.4 Å². The molecule has 24 heavy (non-hydrogen) atoms. The number of hydrogen-bond donors (Lipinski definition) is 0. The summed E-state index contributed by atoms with van der Waals surface area (Å²) in [4.78, 5) is 0.344. The van der Waals surface area contributed by atoms with E-state index in [9.17, 15) is 8.42 Å². The molecule has 0 amide bonds. The van der Waals surface area contributed by atoms with E-state index < -0.39 is 10.0 Å². The molecule has 2 aliphatic heterocycles. The maximum atomic E-state index is 13.1. The molecule has 0 N–H and O–H groups in total. The van der Waals surface area contributed by atoms with Gasteiger partial charge in [-0.15, -0.1) is 0 Å². The Hall–Kier alpha value is -1.69. The lowest BCUT2D eigenvalue weighted by atomic mass is 9.87. The van der Waals surface area contributed by atoms with Crippen molar-refractivity contribution in [1.29, 1.82) is 0 Å². The first kappa shape index (κ1) is 15.8. The molecule has 2 aliphatic rings. The molecule has 2 fully saturated rings. The summed E-state index contributed by atoms with van der Waals surface area (Å²) in [7, 11) is -3.54. The lowest BCUT2D eigenvalue weighted by Gasteiger charge is -2.22. The third-order valence-electron chi connectivity index (χ3n) is 5.14. The van der Waals surface area contributed by atoms with E-state index in [1.165, 1.54) is 5.56 Å². The van der Waals surface area contributed by atoms with Gasteiger partial charge in [0.05, 0.1) is 4.90 Å². The normalized spacial score (nSPS) is 27.3. The molecule has 0 aromatic heterocycles. The standard InChI is InChI=1S/C19H21NO3S/c1-14-7-9-16(10-8-14)24(21,22)20-13-18(15-5-3-2-4-6-15)17-11-12-23-19(17)20/h2-10,17-19H,11-13H2,1H3/t17-,18-,19-/m1/s1. The van der Waals surface area contributed by atoms with E-state index in [0.717, 1.165) is 12.0 Å². The second-order valence-electron chi connectivity index (χ2n) is 6.62. The smallest absolute Gasteiger partial charge is 0.245 e. The SMILES string of the molecule is Cc1ccc(S(=O)(=O)N2C[C@H](c3ccccc3)[C@H]3CCO[C@H]32)cc1. The van der Waals surface area contributed by atoms with Gasteiger partial charge in [-0.1, -0.05) is 48.0 Å². The predicted octanol–water partition coefficient (Wildman–Crippen LogP) is 3.15. The van der Waals surface area contributed by atoms with Gasteiger partial charge in [0.2, 0.25) is 10.0 Å². The first-order valence-electron chi connectivity index (χ1n) is 8.32. The van der Waals surface area contributed by atoms with Crippen LogP contribution in [0.15, 0.2) is 59.5 Å². The van der Waals surface area contributed by atoms with Crippen molar-refractivity contribution < 1.29 is 13.2 Å². The Morgan fingerprint density at radius 3 is 2.46 bits per heavy atom. The first-order chi connectivity index (χ1) is 11.6. The number of nitrogens with zero attached hydrogens (tertiary/aromatic N) is 1. The number of sulfonamides is 1. The number of aryl methyl sites for hydroxylation is 1. The Kier molecular flexibility index (Phi) is 3.95. The summed E-state index contributed by atoms with van der Waals surface area (Å²) in [5.41, 5.74) is 2.24. The summed E-state index contributed by atoms with van der Waals surface area (Å²) in [5, 5.41) is 0. The van der Waals surface area contributed by atoms with Crippen LogP contribution < -0.4 is 0 Å². The molecule has 4 rings (SSSR count). The Bertz CT molecular complexity index is 817. The number of fused-ring (bicyclic) bond motifs is 1. The van der Waals surface area contributed by atoms with Crippen molar-refractivity contribution in [1.82, 2.24) is 4.31 Å². The number of ether oxygens (including phenoxy) is 1. The second kappa shape index (κ2) is 5.99. The highest BCUT2D eigenvalue weighted by Gasteiger charge is 2.50. The summed E-state index contributed by atoms with van der Waals surface area (Å²) in [6, 6.07) is 17.2. The van der Waals surface area contributed by atoms with Gasteiger partial charge in [-0.05, 0) is 31.0 Å². The zero-order valence-electron chi connectivity index (χ0n) is 13.6. The molecule has 5 heteroatoms. The van der Waals surface area contributed by atoms with Crippen LogP contribution in [-0.4, -0.2) is 32.1 Å². The zero-order valence-corrected chi connectivity index (χ0v) is 14.4. The van der Waals surface area contributed by atoms with Crippen LogP contribution in [0.5, 0.6) is 0 Å². The average Bonchev–Trinajstić information content (AvgIpc) is 3.18. The van der Waals surface area contributed by atoms with Gasteiger partial charge < -0.3 is 4.74 Å². The highest BCUT2D eigenvalue weighted by molar-refractivity contribution is 7.89. The van der Waals surface area contributed by atoms with Gasteiger partial charge in [-0.2, -0.15) is 4.31 Å². The fourth-order valence-corrected chi connectivity index (χ4v) is 5.45. The Morgan fingerprint density at radius 2 is 1.75 bits per heavy atom. The molecule has 2 aromatic rings. The van der Waals surface area contributed by atoms with E-state index in [1.54, 1.807) is 16.4 Å². The van der Waals surface area contributed by atoms with Gasteiger partial charge in [0.1, 0.15) is 6.23 Å². The monoisotopic (exact) mass is 343 g/mol. The average molecular weight is 343 g/mol. The van der Waals surface area contributed by atoms with E-state index in [-0.39, 0.29) is 18.1 Å². The van der Waals surface area contributed by atoms with Gasteiger partial charge in [0.15, 0.2) is 0 Å². The summed E-state index contributed by atoms with van der Waals surface area (Å²) in [6.45, 7) is 3.06. The summed E-state index contributed by atoms with van der Waals surface area (Å²) < 4.78 is 33.6. The van der Waals surface area contributed by atoms with Crippen LogP contribution in [0.2, 0.25) is 0 Å². The fourth-order valence-electron chi connectivity index (χ4n) is 3.85. The topological polar surface area (TPSA) is 46.6 Å². The molecule has 0 saturated carbocycles. The van der Waals surface area contributed by atoms with Crippen molar-refractivity contribution in [2.75, 3.05) is 13.2 Å². The van der Waals surface area contributed by atoms with Crippen molar-refractivity contribution >= 4 is 10.0 Å². The highest BCUT2D eigenvalue weighted by atomic mass is 32.2. The molecule has 0 aliphatic carbocycles. The maximum absolute atomic E-state index is 13.1. The van der Waals surface area contributed by atoms with Crippen LogP contribution in [0.25, 0.3) is 0 Å².